The zero-order valence-electron chi connectivity index (χ0n) is 9.06. The summed E-state index contributed by atoms with van der Waals surface area (Å²) in [4.78, 5) is 12.0. The maximum absolute atomic E-state index is 12.8. The summed E-state index contributed by atoms with van der Waals surface area (Å²) in [6.45, 7) is 0.596. The van der Waals surface area contributed by atoms with Crippen molar-refractivity contribution in [2.45, 2.75) is 6.54 Å². The third kappa shape index (κ3) is 1.69. The summed E-state index contributed by atoms with van der Waals surface area (Å²) < 4.78 is 14.7. The van der Waals surface area contributed by atoms with E-state index >= 15 is 0 Å². The van der Waals surface area contributed by atoms with E-state index in [1.54, 1.807) is 12.1 Å². The molecule has 0 saturated carbocycles. The van der Waals surface area contributed by atoms with Crippen molar-refractivity contribution in [3.05, 3.63) is 65.2 Å². The standard InChI is InChI=1S/C14H10FNO/c15-12-5-3-10(4-6-12)8-11-9-16-7-1-2-13(16)14(11)17/h1-8H,9H2/b11-8-. The molecule has 2 nitrogen and oxygen atoms in total. The quantitative estimate of drug-likeness (QED) is 0.686. The number of halogens is 1. The Bertz CT molecular complexity index is 607. The number of aromatic nitrogens is 1. The summed E-state index contributed by atoms with van der Waals surface area (Å²) in [6, 6.07) is 9.81. The minimum Gasteiger partial charge on any atom is -0.340 e. The SMILES string of the molecule is O=C1/C(=C\c2ccc(F)cc2)Cn2cccc21. The van der Waals surface area contributed by atoms with E-state index in [4.69, 9.17) is 0 Å². The van der Waals surface area contributed by atoms with Gasteiger partial charge in [-0.1, -0.05) is 12.1 Å². The first-order valence-corrected chi connectivity index (χ1v) is 5.40. The first-order valence-electron chi connectivity index (χ1n) is 5.40. The van der Waals surface area contributed by atoms with Crippen molar-refractivity contribution >= 4 is 11.9 Å². The fraction of sp³-hybridized carbons (Fsp3) is 0.0714. The van der Waals surface area contributed by atoms with Gasteiger partial charge in [0.1, 0.15) is 5.82 Å². The van der Waals surface area contributed by atoms with E-state index < -0.39 is 0 Å². The van der Waals surface area contributed by atoms with Crippen molar-refractivity contribution in [1.29, 1.82) is 0 Å². The fourth-order valence-electron chi connectivity index (χ4n) is 2.05. The summed E-state index contributed by atoms with van der Waals surface area (Å²) in [7, 11) is 0. The van der Waals surface area contributed by atoms with Crippen LogP contribution in [-0.4, -0.2) is 10.4 Å². The number of Topliss-reactive ketones (excluding diaryl/α,β-unsaturated/α-hetero) is 1. The largest absolute Gasteiger partial charge is 0.340 e. The van der Waals surface area contributed by atoms with Gasteiger partial charge in [-0.25, -0.2) is 4.39 Å². The second kappa shape index (κ2) is 3.70. The molecule has 0 aliphatic carbocycles. The summed E-state index contributed by atoms with van der Waals surface area (Å²) in [5.74, 6) is -0.213. The fourth-order valence-corrected chi connectivity index (χ4v) is 2.05. The summed E-state index contributed by atoms with van der Waals surface area (Å²) in [5.41, 5.74) is 2.31. The molecule has 1 aliphatic heterocycles. The number of ketones is 1. The average Bonchev–Trinajstić information content (AvgIpc) is 2.87. The van der Waals surface area contributed by atoms with E-state index in [0.29, 0.717) is 6.54 Å². The molecule has 17 heavy (non-hydrogen) atoms. The van der Waals surface area contributed by atoms with Crippen LogP contribution >= 0.6 is 0 Å². The lowest BCUT2D eigenvalue weighted by molar-refractivity contribution is 0.103. The Hall–Kier alpha value is -2.16. The normalized spacial score (nSPS) is 16.5. The first-order chi connectivity index (χ1) is 8.24. The predicted octanol–water partition coefficient (Wildman–Crippen LogP) is 2.91. The number of fused-ring (bicyclic) bond motifs is 1. The zero-order valence-corrected chi connectivity index (χ0v) is 9.06. The van der Waals surface area contributed by atoms with Crippen molar-refractivity contribution in [1.82, 2.24) is 4.57 Å². The topological polar surface area (TPSA) is 22.0 Å². The third-order valence-electron chi connectivity index (χ3n) is 2.91. The van der Waals surface area contributed by atoms with Gasteiger partial charge >= 0.3 is 0 Å². The molecule has 3 rings (SSSR count). The minimum absolute atomic E-state index is 0.0549. The Morgan fingerprint density at radius 1 is 1.18 bits per heavy atom. The second-order valence-corrected chi connectivity index (χ2v) is 4.07. The van der Waals surface area contributed by atoms with Crippen LogP contribution in [0.3, 0.4) is 0 Å². The summed E-state index contributed by atoms with van der Waals surface area (Å²) >= 11 is 0. The van der Waals surface area contributed by atoms with Gasteiger partial charge in [-0.05, 0) is 35.9 Å². The highest BCUT2D eigenvalue weighted by atomic mass is 19.1. The van der Waals surface area contributed by atoms with Crippen LogP contribution in [0.4, 0.5) is 4.39 Å². The lowest BCUT2D eigenvalue weighted by Gasteiger charge is -1.97. The molecular weight excluding hydrogens is 217 g/mol. The molecule has 0 radical (unpaired) electrons. The number of rotatable bonds is 1. The van der Waals surface area contributed by atoms with Crippen LogP contribution in [0.25, 0.3) is 6.08 Å². The van der Waals surface area contributed by atoms with Gasteiger partial charge in [-0.3, -0.25) is 4.79 Å². The van der Waals surface area contributed by atoms with Crippen LogP contribution in [0.5, 0.6) is 0 Å². The Labute approximate surface area is 98.0 Å². The number of carbonyl (C=O) groups is 1. The number of nitrogens with zero attached hydrogens (tertiary/aromatic N) is 1. The Morgan fingerprint density at radius 2 is 1.94 bits per heavy atom. The van der Waals surface area contributed by atoms with Gasteiger partial charge in [-0.2, -0.15) is 0 Å². The maximum atomic E-state index is 12.8. The van der Waals surface area contributed by atoms with Crippen LogP contribution in [0, 0.1) is 5.82 Å². The van der Waals surface area contributed by atoms with E-state index in [0.717, 1.165) is 16.8 Å². The van der Waals surface area contributed by atoms with Gasteiger partial charge in [0, 0.05) is 11.8 Å². The van der Waals surface area contributed by atoms with Crippen molar-refractivity contribution in [2.75, 3.05) is 0 Å². The maximum Gasteiger partial charge on any atom is 0.207 e. The van der Waals surface area contributed by atoms with Gasteiger partial charge in [0.15, 0.2) is 0 Å². The smallest absolute Gasteiger partial charge is 0.207 e. The van der Waals surface area contributed by atoms with E-state index in [1.165, 1.54) is 12.1 Å². The molecule has 0 bridgehead atoms. The predicted molar refractivity (Wildman–Crippen MR) is 63.1 cm³/mol. The lowest BCUT2D eigenvalue weighted by Crippen LogP contribution is -1.94. The zero-order chi connectivity index (χ0) is 11.8. The molecule has 1 aromatic heterocycles. The van der Waals surface area contributed by atoms with Crippen LogP contribution in [0.1, 0.15) is 16.1 Å². The Morgan fingerprint density at radius 3 is 2.65 bits per heavy atom. The van der Waals surface area contributed by atoms with Gasteiger partial charge in [0.05, 0.1) is 12.2 Å². The molecule has 1 aliphatic rings. The molecule has 0 fully saturated rings. The Kier molecular flexibility index (Phi) is 2.18. The van der Waals surface area contributed by atoms with Crippen molar-refractivity contribution < 1.29 is 9.18 Å². The third-order valence-corrected chi connectivity index (χ3v) is 2.91. The highest BCUT2D eigenvalue weighted by molar-refractivity contribution is 6.12. The number of hydrogen-bond acceptors (Lipinski definition) is 1. The van der Waals surface area contributed by atoms with Crippen molar-refractivity contribution in [3.8, 4) is 0 Å². The van der Waals surface area contributed by atoms with Gasteiger partial charge < -0.3 is 4.57 Å². The summed E-state index contributed by atoms with van der Waals surface area (Å²) in [6.07, 6.45) is 3.70. The number of hydrogen-bond donors (Lipinski definition) is 0. The van der Waals surface area contributed by atoms with E-state index in [-0.39, 0.29) is 11.6 Å². The number of carbonyl (C=O) groups excluding carboxylic acids is 1. The van der Waals surface area contributed by atoms with Crippen LogP contribution in [0.2, 0.25) is 0 Å². The van der Waals surface area contributed by atoms with Gasteiger partial charge in [-0.15, -0.1) is 0 Å². The molecule has 1 aromatic carbocycles. The van der Waals surface area contributed by atoms with E-state index in [1.807, 2.05) is 29.0 Å². The highest BCUT2D eigenvalue weighted by Crippen LogP contribution is 2.22. The van der Waals surface area contributed by atoms with Crippen LogP contribution in [0.15, 0.2) is 48.2 Å². The molecule has 0 N–H and O–H groups in total. The molecule has 2 aromatic rings. The molecule has 84 valence electrons. The molecule has 0 amide bonds. The average molecular weight is 227 g/mol. The van der Waals surface area contributed by atoms with Crippen molar-refractivity contribution in [3.63, 3.8) is 0 Å². The molecule has 0 saturated heterocycles. The molecule has 0 unspecified atom stereocenters. The minimum atomic E-state index is -0.267. The number of allylic oxidation sites excluding steroid dienone is 1. The molecular formula is C14H10FNO. The van der Waals surface area contributed by atoms with Gasteiger partial charge in [0.2, 0.25) is 5.78 Å². The second-order valence-electron chi connectivity index (χ2n) is 4.07. The molecule has 3 heteroatoms. The van der Waals surface area contributed by atoms with E-state index in [2.05, 4.69) is 0 Å². The molecule has 0 atom stereocenters. The van der Waals surface area contributed by atoms with Crippen molar-refractivity contribution in [2.24, 2.45) is 0 Å². The molecule has 2 heterocycles. The Balaban J connectivity index is 1.95. The lowest BCUT2D eigenvalue weighted by atomic mass is 10.1. The van der Waals surface area contributed by atoms with Crippen LogP contribution in [-0.2, 0) is 6.54 Å². The highest BCUT2D eigenvalue weighted by Gasteiger charge is 2.23. The number of benzene rings is 1. The van der Waals surface area contributed by atoms with E-state index in [9.17, 15) is 9.18 Å². The monoisotopic (exact) mass is 227 g/mol. The van der Waals surface area contributed by atoms with Crippen LogP contribution < -0.4 is 0 Å². The summed E-state index contributed by atoms with van der Waals surface area (Å²) in [5, 5.41) is 0. The first kappa shape index (κ1) is 10.0. The van der Waals surface area contributed by atoms with Gasteiger partial charge in [0.25, 0.3) is 0 Å². The molecule has 0 spiro atoms.